The molecule has 0 rings (SSSR count). The van der Waals surface area contributed by atoms with Crippen LogP contribution in [0.25, 0.3) is 0 Å². The van der Waals surface area contributed by atoms with E-state index in [0.29, 0.717) is 6.42 Å². The fraction of sp³-hybridized carbons (Fsp3) is 1.00. The molecule has 0 heterocycles. The summed E-state index contributed by atoms with van der Waals surface area (Å²) in [5.41, 5.74) is -0.554. The Bertz CT molecular complexity index is 247. The lowest BCUT2D eigenvalue weighted by molar-refractivity contribution is -0.983. The van der Waals surface area contributed by atoms with Gasteiger partial charge in [0.2, 0.25) is 0 Å². The minimum Gasteiger partial charge on any atom is -0.200 e. The molecule has 0 fully saturated rings. The highest BCUT2D eigenvalue weighted by atomic mass is 17.0. The fourth-order valence-corrected chi connectivity index (χ4v) is 1.26. The van der Waals surface area contributed by atoms with E-state index in [4.69, 9.17) is 10.0 Å². The summed E-state index contributed by atoms with van der Waals surface area (Å²) in [6.45, 7) is 3.67. The van der Waals surface area contributed by atoms with E-state index in [2.05, 4.69) is 9.68 Å². The van der Waals surface area contributed by atoms with Crippen LogP contribution in [0.3, 0.4) is 0 Å². The van der Waals surface area contributed by atoms with Crippen molar-refractivity contribution in [3.63, 3.8) is 0 Å². The molecule has 8 heteroatoms. The summed E-state index contributed by atoms with van der Waals surface area (Å²) in [5, 5.41) is 7.69. The molecule has 0 aliphatic rings. The number of rotatable bonds is 9. The molecule has 0 saturated heterocycles. The third-order valence-corrected chi connectivity index (χ3v) is 2.04. The maximum atomic E-state index is 10.7. The van der Waals surface area contributed by atoms with Crippen molar-refractivity contribution in [2.24, 2.45) is 5.41 Å². The summed E-state index contributed by atoms with van der Waals surface area (Å²) >= 11 is 0. The van der Waals surface area contributed by atoms with Crippen LogP contribution < -0.4 is 0 Å². The summed E-state index contributed by atoms with van der Waals surface area (Å²) in [6, 6.07) is 0. The van der Waals surface area contributed by atoms with Gasteiger partial charge >= 0.3 is 10.2 Å². The molecule has 1 unspecified atom stereocenters. The summed E-state index contributed by atoms with van der Waals surface area (Å²) in [4.78, 5) is 34.3. The van der Waals surface area contributed by atoms with Gasteiger partial charge in [-0.3, -0.25) is 0 Å². The average molecular weight is 238 g/mol. The molecule has 8 nitrogen and oxygen atoms in total. The number of hydrogen-bond donors (Lipinski definition) is 1. The standard InChI is InChI=1S/C8H18N2O6/c1-4-5-8(2,6-15-9(11)12)7-16-10(13)14-3/h4-7H2,1-3H3,(H,11,12)/q+2. The van der Waals surface area contributed by atoms with Crippen LogP contribution in [0.2, 0.25) is 0 Å². The SMILES string of the molecule is CCCC(C)(CO[N+](=O)O)CO[N+](=O)OC. The van der Waals surface area contributed by atoms with E-state index in [1.165, 1.54) is 7.11 Å². The van der Waals surface area contributed by atoms with Crippen molar-refractivity contribution in [1.82, 2.24) is 0 Å². The molecule has 0 aromatic carbocycles. The Morgan fingerprint density at radius 2 is 1.81 bits per heavy atom. The highest BCUT2D eigenvalue weighted by Crippen LogP contribution is 2.24. The average Bonchev–Trinajstić information content (AvgIpc) is 2.24. The van der Waals surface area contributed by atoms with Crippen molar-refractivity contribution in [2.45, 2.75) is 26.7 Å². The molecule has 0 radical (unpaired) electrons. The van der Waals surface area contributed by atoms with E-state index in [1.807, 2.05) is 6.92 Å². The molecule has 0 aromatic heterocycles. The normalized spacial score (nSPS) is 13.7. The Morgan fingerprint density at radius 3 is 2.25 bits per heavy atom. The van der Waals surface area contributed by atoms with Gasteiger partial charge in [0.1, 0.15) is 9.81 Å². The van der Waals surface area contributed by atoms with Gasteiger partial charge in [-0.05, 0) is 6.42 Å². The molecule has 16 heavy (non-hydrogen) atoms. The molecular formula is C8H18N2O6+2. The minimum absolute atomic E-state index is 0.0199. The second kappa shape index (κ2) is 6.81. The van der Waals surface area contributed by atoms with Gasteiger partial charge in [0.25, 0.3) is 0 Å². The van der Waals surface area contributed by atoms with E-state index in [-0.39, 0.29) is 18.3 Å². The van der Waals surface area contributed by atoms with Crippen LogP contribution in [0.5, 0.6) is 0 Å². The maximum absolute atomic E-state index is 10.7. The zero-order chi connectivity index (χ0) is 12.6. The van der Waals surface area contributed by atoms with Crippen LogP contribution >= 0.6 is 0 Å². The number of nitrogens with zero attached hydrogens (tertiary/aromatic N) is 2. The maximum Gasteiger partial charge on any atom is 0.477 e. The first-order chi connectivity index (χ1) is 7.43. The van der Waals surface area contributed by atoms with Crippen LogP contribution in [0.1, 0.15) is 26.7 Å². The Morgan fingerprint density at radius 1 is 1.25 bits per heavy atom. The Kier molecular flexibility index (Phi) is 6.12. The summed E-state index contributed by atoms with van der Waals surface area (Å²) in [5.74, 6) is 0. The predicted octanol–water partition coefficient (Wildman–Crippen LogP) is 1.16. The molecule has 0 spiro atoms. The molecule has 0 aliphatic heterocycles. The molecule has 1 atom stereocenters. The zero-order valence-corrected chi connectivity index (χ0v) is 9.71. The van der Waals surface area contributed by atoms with Gasteiger partial charge in [0.15, 0.2) is 20.3 Å². The topological polar surface area (TPSA) is 88.1 Å². The molecule has 0 aromatic rings. The van der Waals surface area contributed by atoms with Crippen molar-refractivity contribution >= 4 is 0 Å². The van der Waals surface area contributed by atoms with Gasteiger partial charge in [-0.2, -0.15) is 14.5 Å². The van der Waals surface area contributed by atoms with Crippen LogP contribution in [-0.2, 0) is 14.5 Å². The van der Waals surface area contributed by atoms with Gasteiger partial charge < -0.3 is 0 Å². The smallest absolute Gasteiger partial charge is 0.200 e. The van der Waals surface area contributed by atoms with Gasteiger partial charge in [0, 0.05) is 0 Å². The fourth-order valence-electron chi connectivity index (χ4n) is 1.26. The molecule has 1 N–H and O–H groups in total. The Hall–Kier alpha value is -1.60. The zero-order valence-electron chi connectivity index (χ0n) is 9.71. The largest absolute Gasteiger partial charge is 0.477 e. The van der Waals surface area contributed by atoms with Crippen molar-refractivity contribution < 1.29 is 29.9 Å². The van der Waals surface area contributed by atoms with E-state index in [9.17, 15) is 9.81 Å². The van der Waals surface area contributed by atoms with Gasteiger partial charge in [0.05, 0.1) is 5.41 Å². The van der Waals surface area contributed by atoms with Crippen LogP contribution in [0.4, 0.5) is 0 Å². The Labute approximate surface area is 93.1 Å². The van der Waals surface area contributed by atoms with Crippen molar-refractivity contribution in [1.29, 1.82) is 0 Å². The lowest BCUT2D eigenvalue weighted by Gasteiger charge is -2.21. The van der Waals surface area contributed by atoms with Crippen molar-refractivity contribution in [3.05, 3.63) is 9.81 Å². The molecule has 0 bridgehead atoms. The first-order valence-corrected chi connectivity index (χ1v) is 4.87. The second-order valence-electron chi connectivity index (χ2n) is 3.75. The molecule has 0 saturated carbocycles. The van der Waals surface area contributed by atoms with E-state index in [1.54, 1.807) is 6.92 Å². The Balaban J connectivity index is 4.20. The van der Waals surface area contributed by atoms with Gasteiger partial charge in [-0.15, -0.1) is 0 Å². The van der Waals surface area contributed by atoms with Gasteiger partial charge in [-0.25, -0.2) is 5.21 Å². The third-order valence-electron chi connectivity index (χ3n) is 2.04. The first kappa shape index (κ1) is 14.4. The molecule has 0 aliphatic carbocycles. The summed E-state index contributed by atoms with van der Waals surface area (Å²) < 4.78 is 0. The number of hydrogen-bond acceptors (Lipinski definition) is 5. The predicted molar refractivity (Wildman–Crippen MR) is 51.0 cm³/mol. The van der Waals surface area contributed by atoms with E-state index in [0.717, 1.165) is 6.42 Å². The third kappa shape index (κ3) is 5.99. The van der Waals surface area contributed by atoms with E-state index < -0.39 is 10.5 Å². The molecule has 94 valence electrons. The monoisotopic (exact) mass is 238 g/mol. The lowest BCUT2D eigenvalue weighted by Crippen LogP contribution is -2.32. The molecular weight excluding hydrogens is 220 g/mol. The highest BCUT2D eigenvalue weighted by Gasteiger charge is 2.33. The summed E-state index contributed by atoms with van der Waals surface area (Å²) in [7, 11) is 1.17. The highest BCUT2D eigenvalue weighted by molar-refractivity contribution is 4.71. The minimum atomic E-state index is -0.612. The quantitative estimate of drug-likeness (QED) is 0.606. The van der Waals surface area contributed by atoms with Gasteiger partial charge in [-0.1, -0.05) is 20.3 Å². The van der Waals surface area contributed by atoms with Crippen LogP contribution in [0, 0.1) is 15.2 Å². The first-order valence-electron chi connectivity index (χ1n) is 4.87. The summed E-state index contributed by atoms with van der Waals surface area (Å²) in [6.07, 6.45) is 1.48. The van der Waals surface area contributed by atoms with Crippen LogP contribution in [0.15, 0.2) is 0 Å². The second-order valence-corrected chi connectivity index (χ2v) is 3.75. The lowest BCUT2D eigenvalue weighted by atomic mass is 9.88. The van der Waals surface area contributed by atoms with Crippen molar-refractivity contribution in [2.75, 3.05) is 20.3 Å². The molecule has 0 amide bonds. The van der Waals surface area contributed by atoms with E-state index >= 15 is 0 Å². The van der Waals surface area contributed by atoms with Crippen LogP contribution in [-0.4, -0.2) is 35.7 Å². The van der Waals surface area contributed by atoms with Crippen molar-refractivity contribution in [3.8, 4) is 0 Å².